The fourth-order valence-corrected chi connectivity index (χ4v) is 1.44. The number of carbonyl (C=O) groups is 1. The summed E-state index contributed by atoms with van der Waals surface area (Å²) in [6.07, 6.45) is 0. The van der Waals surface area contributed by atoms with Gasteiger partial charge in [-0.2, -0.15) is 0 Å². The number of hydrogen-bond donors (Lipinski definition) is 1. The van der Waals surface area contributed by atoms with E-state index < -0.39 is 17.4 Å². The van der Waals surface area contributed by atoms with Crippen molar-refractivity contribution in [3.63, 3.8) is 0 Å². The lowest BCUT2D eigenvalue weighted by Gasteiger charge is -2.03. The van der Waals surface area contributed by atoms with E-state index in [9.17, 15) is 13.6 Å². The van der Waals surface area contributed by atoms with Crippen molar-refractivity contribution in [2.75, 3.05) is 13.6 Å². The van der Waals surface area contributed by atoms with Gasteiger partial charge in [0.25, 0.3) is 0 Å². The van der Waals surface area contributed by atoms with Gasteiger partial charge in [0.2, 0.25) is 0 Å². The first-order valence-corrected chi connectivity index (χ1v) is 4.68. The lowest BCUT2D eigenvalue weighted by atomic mass is 10.1. The van der Waals surface area contributed by atoms with Crippen LogP contribution in [-0.2, 0) is 0 Å². The van der Waals surface area contributed by atoms with E-state index in [4.69, 9.17) is 0 Å². The Bertz CT molecular complexity index is 368. The summed E-state index contributed by atoms with van der Waals surface area (Å²) >= 11 is 2.99. The van der Waals surface area contributed by atoms with Crippen LogP contribution in [0.25, 0.3) is 0 Å². The van der Waals surface area contributed by atoms with Crippen molar-refractivity contribution in [3.8, 4) is 0 Å². The lowest BCUT2D eigenvalue weighted by Crippen LogP contribution is -2.20. The minimum atomic E-state index is -1.10. The number of Topliss-reactive ketones (excluding diaryl/α,β-unsaturated/α-hetero) is 1. The molecule has 0 bridgehead atoms. The van der Waals surface area contributed by atoms with Crippen molar-refractivity contribution in [2.24, 2.45) is 0 Å². The van der Waals surface area contributed by atoms with Crippen LogP contribution in [0.1, 0.15) is 10.4 Å². The Labute approximate surface area is 88.4 Å². The molecule has 0 aliphatic rings. The van der Waals surface area contributed by atoms with Crippen LogP contribution in [0.4, 0.5) is 8.78 Å². The number of benzene rings is 1. The average Bonchev–Trinajstić information content (AvgIpc) is 2.11. The molecule has 76 valence electrons. The van der Waals surface area contributed by atoms with Crippen LogP contribution in [0.15, 0.2) is 16.6 Å². The molecule has 1 N–H and O–H groups in total. The molecule has 0 aliphatic carbocycles. The van der Waals surface area contributed by atoms with Crippen LogP contribution in [-0.4, -0.2) is 19.4 Å². The highest BCUT2D eigenvalue weighted by Gasteiger charge is 2.15. The minimum absolute atomic E-state index is 0.0210. The molecule has 0 radical (unpaired) electrons. The zero-order valence-corrected chi connectivity index (χ0v) is 8.99. The molecule has 0 aliphatic heterocycles. The molecule has 0 saturated heterocycles. The molecular formula is C9H8BrF2NO. The number of ketones is 1. The van der Waals surface area contributed by atoms with Crippen molar-refractivity contribution >= 4 is 21.7 Å². The molecule has 0 amide bonds. The van der Waals surface area contributed by atoms with Crippen LogP contribution in [0.2, 0.25) is 0 Å². The predicted molar refractivity (Wildman–Crippen MR) is 52.3 cm³/mol. The summed E-state index contributed by atoms with van der Waals surface area (Å²) < 4.78 is 26.3. The lowest BCUT2D eigenvalue weighted by molar-refractivity contribution is 0.0988. The van der Waals surface area contributed by atoms with Crippen LogP contribution in [0, 0.1) is 11.6 Å². The fraction of sp³-hybridized carbons (Fsp3) is 0.222. The number of likely N-dealkylation sites (N-methyl/N-ethyl adjacent to an activating group) is 1. The zero-order chi connectivity index (χ0) is 10.7. The van der Waals surface area contributed by atoms with Gasteiger partial charge in [-0.05, 0) is 19.2 Å². The first-order valence-electron chi connectivity index (χ1n) is 3.88. The summed E-state index contributed by atoms with van der Waals surface area (Å²) in [5.41, 5.74) is -0.244. The molecule has 2 nitrogen and oxygen atoms in total. The number of carbonyl (C=O) groups excluding carboxylic acids is 1. The van der Waals surface area contributed by atoms with Gasteiger partial charge in [-0.25, -0.2) is 8.78 Å². The van der Waals surface area contributed by atoms with Crippen molar-refractivity contribution in [1.29, 1.82) is 0 Å². The summed E-state index contributed by atoms with van der Waals surface area (Å²) in [4.78, 5) is 11.3. The number of nitrogens with one attached hydrogen (secondary N) is 1. The highest BCUT2D eigenvalue weighted by Crippen LogP contribution is 2.19. The molecule has 14 heavy (non-hydrogen) atoms. The van der Waals surface area contributed by atoms with E-state index in [2.05, 4.69) is 21.2 Å². The van der Waals surface area contributed by atoms with Crippen LogP contribution >= 0.6 is 15.9 Å². The molecule has 0 aromatic heterocycles. The molecule has 0 spiro atoms. The molecular weight excluding hydrogens is 256 g/mol. The van der Waals surface area contributed by atoms with E-state index in [0.29, 0.717) is 4.47 Å². The average molecular weight is 264 g/mol. The van der Waals surface area contributed by atoms with E-state index in [0.717, 1.165) is 6.07 Å². The molecule has 0 fully saturated rings. The van der Waals surface area contributed by atoms with Gasteiger partial charge in [0.1, 0.15) is 0 Å². The fourth-order valence-electron chi connectivity index (χ4n) is 1.01. The maximum absolute atomic E-state index is 13.1. The monoisotopic (exact) mass is 263 g/mol. The number of halogens is 3. The third kappa shape index (κ3) is 2.36. The summed E-state index contributed by atoms with van der Waals surface area (Å²) in [7, 11) is 1.56. The standard InChI is InChI=1S/C9H8BrF2NO/c1-13-4-8(14)6-2-5(10)3-7(11)9(6)12/h2-3,13H,4H2,1H3. The summed E-state index contributed by atoms with van der Waals surface area (Å²) in [6, 6.07) is 2.24. The first kappa shape index (κ1) is 11.3. The summed E-state index contributed by atoms with van der Waals surface area (Å²) in [5.74, 6) is -2.61. The normalized spacial score (nSPS) is 10.3. The molecule has 1 aromatic rings. The predicted octanol–water partition coefficient (Wildman–Crippen LogP) is 2.13. The summed E-state index contributed by atoms with van der Waals surface area (Å²) in [6.45, 7) is -0.0210. The Balaban J connectivity index is 3.13. The minimum Gasteiger partial charge on any atom is -0.313 e. The van der Waals surface area contributed by atoms with Crippen LogP contribution in [0.3, 0.4) is 0 Å². The van der Waals surface area contributed by atoms with Gasteiger partial charge in [0, 0.05) is 4.47 Å². The zero-order valence-electron chi connectivity index (χ0n) is 7.40. The Morgan fingerprint density at radius 1 is 1.50 bits per heavy atom. The van der Waals surface area contributed by atoms with Gasteiger partial charge in [-0.1, -0.05) is 15.9 Å². The highest BCUT2D eigenvalue weighted by molar-refractivity contribution is 9.10. The van der Waals surface area contributed by atoms with E-state index >= 15 is 0 Å². The van der Waals surface area contributed by atoms with Gasteiger partial charge >= 0.3 is 0 Å². The van der Waals surface area contributed by atoms with E-state index in [1.807, 2.05) is 0 Å². The quantitative estimate of drug-likeness (QED) is 0.669. The Hall–Kier alpha value is -0.810. The van der Waals surface area contributed by atoms with Gasteiger partial charge in [-0.3, -0.25) is 4.79 Å². The molecule has 1 rings (SSSR count). The smallest absolute Gasteiger partial charge is 0.179 e. The van der Waals surface area contributed by atoms with Crippen molar-refractivity contribution in [3.05, 3.63) is 33.8 Å². The number of rotatable bonds is 3. The maximum Gasteiger partial charge on any atom is 0.179 e. The van der Waals surface area contributed by atoms with Crippen molar-refractivity contribution in [1.82, 2.24) is 5.32 Å². The second-order valence-corrected chi connectivity index (χ2v) is 3.62. The van der Waals surface area contributed by atoms with Gasteiger partial charge < -0.3 is 5.32 Å². The van der Waals surface area contributed by atoms with Crippen LogP contribution in [0.5, 0.6) is 0 Å². The van der Waals surface area contributed by atoms with E-state index in [1.54, 1.807) is 7.05 Å². The number of hydrogen-bond acceptors (Lipinski definition) is 2. The van der Waals surface area contributed by atoms with Gasteiger partial charge in [-0.15, -0.1) is 0 Å². The highest BCUT2D eigenvalue weighted by atomic mass is 79.9. The van der Waals surface area contributed by atoms with E-state index in [1.165, 1.54) is 6.07 Å². The Morgan fingerprint density at radius 3 is 2.71 bits per heavy atom. The summed E-state index contributed by atoms with van der Waals surface area (Å²) in [5, 5.41) is 2.58. The molecule has 0 heterocycles. The van der Waals surface area contributed by atoms with Crippen molar-refractivity contribution < 1.29 is 13.6 Å². The van der Waals surface area contributed by atoms with Gasteiger partial charge in [0.05, 0.1) is 12.1 Å². The van der Waals surface area contributed by atoms with Crippen LogP contribution < -0.4 is 5.32 Å². The molecule has 0 saturated carbocycles. The Kier molecular flexibility index (Phi) is 3.71. The van der Waals surface area contributed by atoms with E-state index in [-0.39, 0.29) is 12.1 Å². The third-order valence-corrected chi connectivity index (χ3v) is 2.09. The van der Waals surface area contributed by atoms with Gasteiger partial charge in [0.15, 0.2) is 17.4 Å². The first-order chi connectivity index (χ1) is 6.56. The molecule has 1 aromatic carbocycles. The second kappa shape index (κ2) is 4.61. The third-order valence-electron chi connectivity index (χ3n) is 1.63. The molecule has 0 atom stereocenters. The largest absolute Gasteiger partial charge is 0.313 e. The molecule has 0 unspecified atom stereocenters. The second-order valence-electron chi connectivity index (χ2n) is 2.70. The topological polar surface area (TPSA) is 29.1 Å². The Morgan fingerprint density at radius 2 is 2.14 bits per heavy atom. The maximum atomic E-state index is 13.1. The molecule has 5 heteroatoms. The SMILES string of the molecule is CNCC(=O)c1cc(Br)cc(F)c1F. The van der Waals surface area contributed by atoms with Crippen molar-refractivity contribution in [2.45, 2.75) is 0 Å².